The smallest absolute Gasteiger partial charge is 0.325 e. The van der Waals surface area contributed by atoms with Crippen molar-refractivity contribution in [3.05, 3.63) is 65.5 Å². The summed E-state index contributed by atoms with van der Waals surface area (Å²) in [6.45, 7) is 1.13. The van der Waals surface area contributed by atoms with Crippen molar-refractivity contribution in [2.45, 2.75) is 25.4 Å². The topological polar surface area (TPSA) is 87.7 Å². The van der Waals surface area contributed by atoms with Gasteiger partial charge in [0.1, 0.15) is 23.7 Å². The summed E-state index contributed by atoms with van der Waals surface area (Å²) >= 11 is 0. The molecule has 0 bridgehead atoms. The molecule has 7 nitrogen and oxygen atoms in total. The predicted octanol–water partition coefficient (Wildman–Crippen LogP) is 2.00. The number of para-hydroxylation sites is 1. The van der Waals surface area contributed by atoms with Crippen LogP contribution in [-0.4, -0.2) is 41.9 Å². The fraction of sp³-hybridized carbons (Fsp3) is 0.286. The van der Waals surface area contributed by atoms with Gasteiger partial charge in [0, 0.05) is 18.5 Å². The first-order chi connectivity index (χ1) is 13.8. The lowest BCUT2D eigenvalue weighted by Crippen LogP contribution is -2.46. The van der Waals surface area contributed by atoms with Crippen LogP contribution in [-0.2, 0) is 22.6 Å². The van der Waals surface area contributed by atoms with Gasteiger partial charge in [0.05, 0.1) is 7.11 Å². The molecule has 1 saturated heterocycles. The first-order valence-corrected chi connectivity index (χ1v) is 9.10. The molecule has 2 aromatic carbocycles. The highest BCUT2D eigenvalue weighted by molar-refractivity contribution is 6.09. The number of hydrogen-bond donors (Lipinski definition) is 2. The van der Waals surface area contributed by atoms with Gasteiger partial charge in [-0.15, -0.1) is 0 Å². The third-order valence-corrected chi connectivity index (χ3v) is 4.82. The fourth-order valence-corrected chi connectivity index (χ4v) is 3.28. The van der Waals surface area contributed by atoms with Crippen molar-refractivity contribution in [2.24, 2.45) is 0 Å². The van der Waals surface area contributed by atoms with Crippen LogP contribution < -0.4 is 15.4 Å². The monoisotopic (exact) mass is 399 g/mol. The SMILES string of the molecule is COc1ccccc1C[C@]1(C)NC(=O)N(CC(=O)NCc2ccccc2F)C1=O. The number of ether oxygens (including phenoxy) is 1. The number of nitrogens with one attached hydrogen (secondary N) is 2. The van der Waals surface area contributed by atoms with Gasteiger partial charge >= 0.3 is 6.03 Å². The second-order valence-corrected chi connectivity index (χ2v) is 7.01. The maximum atomic E-state index is 13.6. The summed E-state index contributed by atoms with van der Waals surface area (Å²) < 4.78 is 19.0. The van der Waals surface area contributed by atoms with E-state index in [2.05, 4.69) is 10.6 Å². The third-order valence-electron chi connectivity index (χ3n) is 4.82. The molecule has 0 aromatic heterocycles. The molecule has 1 heterocycles. The van der Waals surface area contributed by atoms with Gasteiger partial charge in [-0.1, -0.05) is 36.4 Å². The largest absolute Gasteiger partial charge is 0.496 e. The molecule has 0 aliphatic carbocycles. The Morgan fingerprint density at radius 1 is 1.14 bits per heavy atom. The van der Waals surface area contributed by atoms with E-state index in [1.54, 1.807) is 31.2 Å². The zero-order chi connectivity index (χ0) is 21.0. The Bertz CT molecular complexity index is 949. The van der Waals surface area contributed by atoms with Crippen molar-refractivity contribution in [2.75, 3.05) is 13.7 Å². The quantitative estimate of drug-likeness (QED) is 0.697. The average Bonchev–Trinajstić information content (AvgIpc) is 2.90. The second kappa shape index (κ2) is 8.30. The summed E-state index contributed by atoms with van der Waals surface area (Å²) in [5, 5.41) is 5.19. The molecule has 3 rings (SSSR count). The maximum Gasteiger partial charge on any atom is 0.325 e. The molecule has 8 heteroatoms. The second-order valence-electron chi connectivity index (χ2n) is 7.01. The van der Waals surface area contributed by atoms with Gasteiger partial charge < -0.3 is 15.4 Å². The Morgan fingerprint density at radius 2 is 1.79 bits per heavy atom. The number of benzene rings is 2. The summed E-state index contributed by atoms with van der Waals surface area (Å²) in [5.41, 5.74) is -0.117. The molecule has 2 N–H and O–H groups in total. The molecule has 1 aliphatic heterocycles. The third kappa shape index (κ3) is 4.37. The van der Waals surface area contributed by atoms with E-state index in [1.165, 1.54) is 13.2 Å². The van der Waals surface area contributed by atoms with Crippen LogP contribution in [0.1, 0.15) is 18.1 Å². The first-order valence-electron chi connectivity index (χ1n) is 9.10. The van der Waals surface area contributed by atoms with Crippen LogP contribution in [0.5, 0.6) is 5.75 Å². The molecule has 2 aromatic rings. The van der Waals surface area contributed by atoms with Crippen LogP contribution >= 0.6 is 0 Å². The van der Waals surface area contributed by atoms with E-state index in [4.69, 9.17) is 4.74 Å². The van der Waals surface area contributed by atoms with Gasteiger partial charge in [-0.25, -0.2) is 9.18 Å². The average molecular weight is 399 g/mol. The number of urea groups is 1. The maximum absolute atomic E-state index is 13.6. The Labute approximate surface area is 167 Å². The number of methoxy groups -OCH3 is 1. The zero-order valence-corrected chi connectivity index (χ0v) is 16.2. The molecule has 4 amide bonds. The minimum absolute atomic E-state index is 0.0341. The number of amides is 4. The Balaban J connectivity index is 1.65. The standard InChI is InChI=1S/C21H22FN3O4/c1-21(11-14-7-4-6-10-17(14)29-2)19(27)25(20(28)24-21)13-18(26)23-12-15-8-3-5-9-16(15)22/h3-10H,11-13H2,1-2H3,(H,23,26)(H,24,28)/t21-/m0/s1. The minimum atomic E-state index is -1.20. The number of imide groups is 1. The van der Waals surface area contributed by atoms with Crippen LogP contribution in [0.15, 0.2) is 48.5 Å². The van der Waals surface area contributed by atoms with Gasteiger partial charge in [-0.05, 0) is 24.6 Å². The number of carbonyl (C=O) groups is 3. The summed E-state index contributed by atoms with van der Waals surface area (Å²) in [4.78, 5) is 38.3. The van der Waals surface area contributed by atoms with Gasteiger partial charge in [0.15, 0.2) is 0 Å². The Kier molecular flexibility index (Phi) is 5.81. The summed E-state index contributed by atoms with van der Waals surface area (Å²) in [6.07, 6.45) is 0.217. The summed E-state index contributed by atoms with van der Waals surface area (Å²) in [7, 11) is 1.53. The summed E-state index contributed by atoms with van der Waals surface area (Å²) in [5.74, 6) is -0.892. The van der Waals surface area contributed by atoms with Crippen molar-refractivity contribution >= 4 is 17.8 Å². The van der Waals surface area contributed by atoms with E-state index in [9.17, 15) is 18.8 Å². The Morgan fingerprint density at radius 3 is 2.48 bits per heavy atom. The molecule has 29 heavy (non-hydrogen) atoms. The number of rotatable bonds is 7. The van der Waals surface area contributed by atoms with E-state index in [1.807, 2.05) is 18.2 Å². The van der Waals surface area contributed by atoms with Crippen LogP contribution in [0.25, 0.3) is 0 Å². The Hall–Kier alpha value is -3.42. The van der Waals surface area contributed by atoms with Crippen molar-refractivity contribution in [1.82, 2.24) is 15.5 Å². The van der Waals surface area contributed by atoms with Crippen LogP contribution in [0.3, 0.4) is 0 Å². The van der Waals surface area contributed by atoms with Crippen molar-refractivity contribution in [1.29, 1.82) is 0 Å². The van der Waals surface area contributed by atoms with Gasteiger partial charge in [0.25, 0.3) is 5.91 Å². The molecule has 0 saturated carbocycles. The van der Waals surface area contributed by atoms with E-state index < -0.39 is 35.7 Å². The molecular formula is C21H22FN3O4. The van der Waals surface area contributed by atoms with E-state index in [0.29, 0.717) is 11.3 Å². The molecule has 1 aliphatic rings. The van der Waals surface area contributed by atoms with E-state index in [-0.39, 0.29) is 13.0 Å². The molecule has 1 atom stereocenters. The highest BCUT2D eigenvalue weighted by Gasteiger charge is 2.48. The number of nitrogens with zero attached hydrogens (tertiary/aromatic N) is 1. The van der Waals surface area contributed by atoms with E-state index in [0.717, 1.165) is 10.5 Å². The van der Waals surface area contributed by atoms with Crippen LogP contribution in [0.4, 0.5) is 9.18 Å². The zero-order valence-electron chi connectivity index (χ0n) is 16.2. The van der Waals surface area contributed by atoms with E-state index >= 15 is 0 Å². The number of hydrogen-bond acceptors (Lipinski definition) is 4. The molecule has 1 fully saturated rings. The van der Waals surface area contributed by atoms with Crippen LogP contribution in [0.2, 0.25) is 0 Å². The molecule has 0 unspecified atom stereocenters. The normalized spacial score (nSPS) is 18.5. The molecule has 0 spiro atoms. The highest BCUT2D eigenvalue weighted by Crippen LogP contribution is 2.27. The predicted molar refractivity (Wildman–Crippen MR) is 104 cm³/mol. The molecule has 152 valence electrons. The van der Waals surface area contributed by atoms with Gasteiger partial charge in [-0.2, -0.15) is 0 Å². The lowest BCUT2D eigenvalue weighted by Gasteiger charge is -2.22. The van der Waals surface area contributed by atoms with Gasteiger partial charge in [-0.3, -0.25) is 14.5 Å². The molecular weight excluding hydrogens is 377 g/mol. The van der Waals surface area contributed by atoms with Crippen molar-refractivity contribution < 1.29 is 23.5 Å². The summed E-state index contributed by atoms with van der Waals surface area (Å²) in [6, 6.07) is 12.6. The van der Waals surface area contributed by atoms with Gasteiger partial charge in [0.2, 0.25) is 5.91 Å². The van der Waals surface area contributed by atoms with Crippen LogP contribution in [0, 0.1) is 5.82 Å². The lowest BCUT2D eigenvalue weighted by molar-refractivity contribution is -0.134. The number of carbonyl (C=O) groups excluding carboxylic acids is 3. The highest BCUT2D eigenvalue weighted by atomic mass is 19.1. The lowest BCUT2D eigenvalue weighted by atomic mass is 9.92. The minimum Gasteiger partial charge on any atom is -0.496 e. The molecule has 0 radical (unpaired) electrons. The first kappa shape index (κ1) is 20.3. The van der Waals surface area contributed by atoms with Crippen molar-refractivity contribution in [3.8, 4) is 5.75 Å². The number of halogens is 1. The van der Waals surface area contributed by atoms with Crippen molar-refractivity contribution in [3.63, 3.8) is 0 Å². The fourth-order valence-electron chi connectivity index (χ4n) is 3.28.